The number of benzene rings is 3. The van der Waals surface area contributed by atoms with Crippen LogP contribution in [0.25, 0.3) is 0 Å². The van der Waals surface area contributed by atoms with Crippen molar-refractivity contribution in [3.8, 4) is 5.75 Å². The van der Waals surface area contributed by atoms with Gasteiger partial charge in [0.2, 0.25) is 0 Å². The Balaban J connectivity index is 1.99. The highest BCUT2D eigenvalue weighted by atomic mass is 32.2. The van der Waals surface area contributed by atoms with Crippen LogP contribution in [0.1, 0.15) is 72.0 Å². The van der Waals surface area contributed by atoms with Gasteiger partial charge in [-0.05, 0) is 61.2 Å². The SMILES string of the molecule is CC(C)Nc1ccc(Nc2ccc(C(C)(C)C)cc2S(=O)(=O)O)c2c1C(=O)c1ccc(S(=O)(=O)O)c(O)c1C2=O. The number of ketones is 2. The van der Waals surface area contributed by atoms with Crippen molar-refractivity contribution in [2.45, 2.75) is 55.9 Å². The van der Waals surface area contributed by atoms with Gasteiger partial charge < -0.3 is 15.7 Å². The second-order valence-corrected chi connectivity index (χ2v) is 13.5. The zero-order valence-electron chi connectivity index (χ0n) is 22.2. The zero-order valence-corrected chi connectivity index (χ0v) is 23.9. The summed E-state index contributed by atoms with van der Waals surface area (Å²) in [6.07, 6.45) is 0. The summed E-state index contributed by atoms with van der Waals surface area (Å²) in [4.78, 5) is 26.1. The van der Waals surface area contributed by atoms with Gasteiger partial charge in [0.1, 0.15) is 15.5 Å². The van der Waals surface area contributed by atoms with Crippen molar-refractivity contribution in [2.24, 2.45) is 0 Å². The molecular weight excluding hydrogens is 560 g/mol. The van der Waals surface area contributed by atoms with Crippen LogP contribution >= 0.6 is 0 Å². The van der Waals surface area contributed by atoms with Crippen molar-refractivity contribution in [1.82, 2.24) is 0 Å². The molecule has 40 heavy (non-hydrogen) atoms. The molecule has 0 aromatic heterocycles. The Morgan fingerprint density at radius 3 is 1.82 bits per heavy atom. The van der Waals surface area contributed by atoms with Gasteiger partial charge >= 0.3 is 0 Å². The van der Waals surface area contributed by atoms with Crippen molar-refractivity contribution in [3.63, 3.8) is 0 Å². The van der Waals surface area contributed by atoms with Gasteiger partial charge in [-0.25, -0.2) is 0 Å². The molecule has 0 saturated heterocycles. The molecule has 0 amide bonds. The van der Waals surface area contributed by atoms with Gasteiger partial charge in [0.25, 0.3) is 20.2 Å². The summed E-state index contributed by atoms with van der Waals surface area (Å²) in [6, 6.07) is 8.96. The Morgan fingerprint density at radius 2 is 1.27 bits per heavy atom. The predicted molar refractivity (Wildman–Crippen MR) is 148 cm³/mol. The molecule has 5 N–H and O–H groups in total. The lowest BCUT2D eigenvalue weighted by atomic mass is 9.81. The van der Waals surface area contributed by atoms with Crippen molar-refractivity contribution in [3.05, 3.63) is 70.3 Å². The Hall–Kier alpha value is -3.78. The molecule has 0 heterocycles. The van der Waals surface area contributed by atoms with Gasteiger partial charge in [0.05, 0.1) is 28.1 Å². The van der Waals surface area contributed by atoms with E-state index in [-0.39, 0.29) is 39.8 Å². The van der Waals surface area contributed by atoms with Gasteiger partial charge in [-0.3, -0.25) is 18.7 Å². The van der Waals surface area contributed by atoms with Crippen LogP contribution in [0.3, 0.4) is 0 Å². The van der Waals surface area contributed by atoms with Gasteiger partial charge in [-0.2, -0.15) is 16.8 Å². The third-order valence-corrected chi connectivity index (χ3v) is 8.17. The van der Waals surface area contributed by atoms with Crippen LogP contribution in [0.15, 0.2) is 52.3 Å². The molecule has 0 fully saturated rings. The molecule has 0 saturated carbocycles. The van der Waals surface area contributed by atoms with Crippen LogP contribution < -0.4 is 10.6 Å². The minimum Gasteiger partial charge on any atom is -0.506 e. The molecule has 3 aromatic carbocycles. The Bertz CT molecular complexity index is 1800. The summed E-state index contributed by atoms with van der Waals surface area (Å²) in [6.45, 7) is 9.18. The molecule has 0 aliphatic heterocycles. The highest BCUT2D eigenvalue weighted by Gasteiger charge is 2.38. The number of aromatic hydroxyl groups is 1. The Labute approximate surface area is 231 Å². The predicted octanol–water partition coefficient (Wildman–Crippen LogP) is 4.52. The fourth-order valence-corrected chi connectivity index (χ4v) is 5.78. The standard InChI is InChI=1S/C27H28N2O9S2/c1-13(2)28-17-9-10-18(29-16-8-6-14(27(3,4)5)12-20(16)40(36,37)38)23-22(17)24(30)15-7-11-19(39(33,34)35)25(31)21(15)26(23)32/h6-13,28-29,31H,1-5H3,(H,33,34,35)(H,36,37,38). The van der Waals surface area contributed by atoms with E-state index in [4.69, 9.17) is 0 Å². The first kappa shape index (κ1) is 29.2. The quantitative estimate of drug-likeness (QED) is 0.199. The molecule has 212 valence electrons. The largest absolute Gasteiger partial charge is 0.506 e. The molecular formula is C27H28N2O9S2. The van der Waals surface area contributed by atoms with Crippen molar-refractivity contribution < 1.29 is 40.6 Å². The van der Waals surface area contributed by atoms with Gasteiger partial charge in [-0.15, -0.1) is 0 Å². The minimum atomic E-state index is -4.94. The number of fused-ring (bicyclic) bond motifs is 2. The van der Waals surface area contributed by atoms with E-state index in [9.17, 15) is 40.6 Å². The molecule has 0 bridgehead atoms. The Morgan fingerprint density at radius 1 is 0.725 bits per heavy atom. The number of nitrogens with one attached hydrogen (secondary N) is 2. The number of anilines is 3. The van der Waals surface area contributed by atoms with E-state index in [2.05, 4.69) is 10.6 Å². The molecule has 1 aliphatic carbocycles. The zero-order chi connectivity index (χ0) is 29.9. The topological polar surface area (TPSA) is 187 Å². The molecule has 0 atom stereocenters. The smallest absolute Gasteiger partial charge is 0.298 e. The van der Waals surface area contributed by atoms with Crippen molar-refractivity contribution in [2.75, 3.05) is 10.6 Å². The van der Waals surface area contributed by atoms with E-state index < -0.39 is 58.3 Å². The number of rotatable bonds is 6. The minimum absolute atomic E-state index is 0.0432. The molecule has 4 rings (SSSR count). The van der Waals surface area contributed by atoms with Crippen molar-refractivity contribution in [1.29, 1.82) is 0 Å². The average molecular weight is 589 g/mol. The van der Waals surface area contributed by atoms with Crippen molar-refractivity contribution >= 4 is 48.9 Å². The lowest BCUT2D eigenvalue weighted by Crippen LogP contribution is -2.26. The highest BCUT2D eigenvalue weighted by Crippen LogP contribution is 2.43. The van der Waals surface area contributed by atoms with Crippen LogP contribution in [0.4, 0.5) is 17.1 Å². The lowest BCUT2D eigenvalue weighted by Gasteiger charge is -2.26. The molecule has 13 heteroatoms. The third kappa shape index (κ3) is 5.20. The molecule has 0 radical (unpaired) electrons. The first-order valence-corrected chi connectivity index (χ1v) is 15.0. The maximum atomic E-state index is 13.8. The van der Waals surface area contributed by atoms with E-state index in [1.165, 1.54) is 24.3 Å². The first-order valence-electron chi connectivity index (χ1n) is 12.1. The second-order valence-electron chi connectivity index (χ2n) is 10.7. The number of phenols is 1. The lowest BCUT2D eigenvalue weighted by molar-refractivity contribution is 0.0977. The number of carbonyl (C=O) groups excluding carboxylic acids is 2. The fourth-order valence-electron chi connectivity index (χ4n) is 4.52. The number of hydrogen-bond acceptors (Lipinski definition) is 9. The molecule has 0 unspecified atom stereocenters. The molecule has 11 nitrogen and oxygen atoms in total. The fraction of sp³-hybridized carbons (Fsp3) is 0.259. The summed E-state index contributed by atoms with van der Waals surface area (Å²) in [7, 11) is -9.69. The molecule has 1 aliphatic rings. The maximum Gasteiger partial charge on any atom is 0.298 e. The van der Waals surface area contributed by atoms with E-state index >= 15 is 0 Å². The van der Waals surface area contributed by atoms with Crippen LogP contribution in [-0.2, 0) is 25.7 Å². The molecule has 0 spiro atoms. The summed E-state index contributed by atoms with van der Waals surface area (Å²) in [5.41, 5.74) is -0.988. The highest BCUT2D eigenvalue weighted by molar-refractivity contribution is 7.86. The van der Waals surface area contributed by atoms with Crippen LogP contribution in [0, 0.1) is 0 Å². The van der Waals surface area contributed by atoms with Crippen LogP contribution in [-0.4, -0.2) is 48.7 Å². The summed E-state index contributed by atoms with van der Waals surface area (Å²) in [5.74, 6) is -2.75. The average Bonchev–Trinajstić information content (AvgIpc) is 2.80. The number of hydrogen-bond donors (Lipinski definition) is 5. The Kier molecular flexibility index (Phi) is 7.08. The number of carbonyl (C=O) groups is 2. The van der Waals surface area contributed by atoms with Gasteiger partial charge in [-0.1, -0.05) is 26.8 Å². The van der Waals surface area contributed by atoms with E-state index in [1.54, 1.807) is 19.9 Å². The van der Waals surface area contributed by atoms with E-state index in [1.807, 2.05) is 20.8 Å². The summed E-state index contributed by atoms with van der Waals surface area (Å²) in [5, 5.41) is 16.6. The monoisotopic (exact) mass is 588 g/mol. The normalized spacial score (nSPS) is 13.7. The second kappa shape index (κ2) is 9.70. The summed E-state index contributed by atoms with van der Waals surface area (Å²) < 4.78 is 67.7. The number of phenolic OH excluding ortho intramolecular Hbond substituents is 1. The van der Waals surface area contributed by atoms with Gasteiger partial charge in [0.15, 0.2) is 11.6 Å². The van der Waals surface area contributed by atoms with E-state index in [0.717, 1.165) is 12.1 Å². The van der Waals surface area contributed by atoms with Crippen LogP contribution in [0.2, 0.25) is 0 Å². The first-order chi connectivity index (χ1) is 18.3. The van der Waals surface area contributed by atoms with E-state index in [0.29, 0.717) is 5.56 Å². The van der Waals surface area contributed by atoms with Gasteiger partial charge in [0, 0.05) is 17.3 Å². The maximum absolute atomic E-state index is 13.8. The van der Waals surface area contributed by atoms with Crippen LogP contribution in [0.5, 0.6) is 5.75 Å². The molecule has 3 aromatic rings. The third-order valence-electron chi connectivity index (χ3n) is 6.39. The summed E-state index contributed by atoms with van der Waals surface area (Å²) >= 11 is 0.